The number of carboxylic acid groups (broad SMARTS) is 1. The number of piperidine rings is 1. The molecule has 0 radical (unpaired) electrons. The lowest BCUT2D eigenvalue weighted by Gasteiger charge is -2.39. The molecule has 1 saturated carbocycles. The molecule has 1 aliphatic carbocycles. The molecule has 4 aliphatic rings. The Balaban J connectivity index is 1.46. The summed E-state index contributed by atoms with van der Waals surface area (Å²) < 4.78 is 39.8. The van der Waals surface area contributed by atoms with Crippen molar-refractivity contribution in [2.45, 2.75) is 31.5 Å². The van der Waals surface area contributed by atoms with Crippen molar-refractivity contribution in [2.24, 2.45) is 11.3 Å². The van der Waals surface area contributed by atoms with Crippen LogP contribution in [-0.2, 0) is 24.5 Å². The van der Waals surface area contributed by atoms with Crippen molar-refractivity contribution in [2.75, 3.05) is 39.4 Å². The molecule has 130 valence electrons. The van der Waals surface area contributed by atoms with E-state index in [1.807, 2.05) is 0 Å². The van der Waals surface area contributed by atoms with Crippen molar-refractivity contribution >= 4 is 16.2 Å². The van der Waals surface area contributed by atoms with Gasteiger partial charge >= 0.3 is 5.97 Å². The van der Waals surface area contributed by atoms with Gasteiger partial charge in [-0.3, -0.25) is 4.79 Å². The fourth-order valence-corrected chi connectivity index (χ4v) is 6.06. The summed E-state index contributed by atoms with van der Waals surface area (Å²) in [4.78, 5) is 11.5. The van der Waals surface area contributed by atoms with E-state index < -0.39 is 27.4 Å². The first-order valence-electron chi connectivity index (χ1n) is 8.15. The van der Waals surface area contributed by atoms with E-state index in [1.54, 1.807) is 0 Å². The molecule has 9 heteroatoms. The zero-order valence-electron chi connectivity index (χ0n) is 12.9. The molecule has 8 nitrogen and oxygen atoms in total. The molecule has 0 aromatic heterocycles. The van der Waals surface area contributed by atoms with Gasteiger partial charge in [0.1, 0.15) is 0 Å². The second kappa shape index (κ2) is 5.13. The van der Waals surface area contributed by atoms with E-state index in [4.69, 9.17) is 9.47 Å². The topological polar surface area (TPSA) is 96.4 Å². The van der Waals surface area contributed by atoms with Gasteiger partial charge in [0.2, 0.25) is 0 Å². The van der Waals surface area contributed by atoms with Crippen LogP contribution in [0.3, 0.4) is 0 Å². The molecule has 3 aliphatic heterocycles. The van der Waals surface area contributed by atoms with Gasteiger partial charge in [-0.05, 0) is 18.8 Å². The van der Waals surface area contributed by atoms with Crippen molar-refractivity contribution in [1.29, 1.82) is 0 Å². The van der Waals surface area contributed by atoms with E-state index >= 15 is 0 Å². The van der Waals surface area contributed by atoms with Gasteiger partial charge in [-0.2, -0.15) is 17.0 Å². The van der Waals surface area contributed by atoms with Crippen LogP contribution in [0.5, 0.6) is 0 Å². The van der Waals surface area contributed by atoms with Gasteiger partial charge in [-0.25, -0.2) is 0 Å². The maximum absolute atomic E-state index is 12.9. The van der Waals surface area contributed by atoms with Crippen LogP contribution in [0.2, 0.25) is 0 Å². The summed E-state index contributed by atoms with van der Waals surface area (Å²) in [5, 5.41) is 9.46. The fourth-order valence-electron chi connectivity index (χ4n) is 4.33. The molecule has 0 amide bonds. The summed E-state index contributed by atoms with van der Waals surface area (Å²) in [6, 6.07) is 0. The molecular formula is C14H22N2O6S. The lowest BCUT2D eigenvalue weighted by atomic mass is 9.62. The highest BCUT2D eigenvalue weighted by molar-refractivity contribution is 7.86. The Hall–Kier alpha value is -0.740. The molecule has 0 bridgehead atoms. The lowest BCUT2D eigenvalue weighted by Crippen LogP contribution is -2.51. The van der Waals surface area contributed by atoms with Crippen LogP contribution in [0, 0.1) is 11.3 Å². The van der Waals surface area contributed by atoms with Crippen LogP contribution in [0.4, 0.5) is 0 Å². The Morgan fingerprint density at radius 2 is 1.74 bits per heavy atom. The fraction of sp³-hybridized carbons (Fsp3) is 0.929. The maximum Gasteiger partial charge on any atom is 0.311 e. The van der Waals surface area contributed by atoms with Crippen molar-refractivity contribution in [1.82, 2.24) is 8.61 Å². The minimum atomic E-state index is -3.61. The molecule has 4 rings (SSSR count). The maximum atomic E-state index is 12.9. The monoisotopic (exact) mass is 346 g/mol. The van der Waals surface area contributed by atoms with E-state index in [9.17, 15) is 18.3 Å². The highest BCUT2D eigenvalue weighted by atomic mass is 32.2. The molecule has 0 aromatic carbocycles. The van der Waals surface area contributed by atoms with Gasteiger partial charge in [-0.15, -0.1) is 0 Å². The molecule has 0 unspecified atom stereocenters. The Morgan fingerprint density at radius 1 is 1.09 bits per heavy atom. The summed E-state index contributed by atoms with van der Waals surface area (Å²) in [7, 11) is -3.61. The summed E-state index contributed by atoms with van der Waals surface area (Å²) in [6.07, 6.45) is 2.41. The number of rotatable bonds is 3. The van der Waals surface area contributed by atoms with Gasteiger partial charge in [0, 0.05) is 39.0 Å². The number of carboxylic acids is 1. The van der Waals surface area contributed by atoms with Gasteiger partial charge in [0.05, 0.1) is 18.6 Å². The van der Waals surface area contributed by atoms with Gasteiger partial charge < -0.3 is 14.6 Å². The van der Waals surface area contributed by atoms with Crippen molar-refractivity contribution in [3.63, 3.8) is 0 Å². The SMILES string of the molecule is O=C(O)[C@]12CC[C@H]1CN(S(=O)(=O)N1CCC3(CC1)OCCO3)C2. The first-order valence-corrected chi connectivity index (χ1v) is 9.54. The van der Waals surface area contributed by atoms with Crippen LogP contribution in [0.25, 0.3) is 0 Å². The summed E-state index contributed by atoms with van der Waals surface area (Å²) in [5.74, 6) is -1.53. The van der Waals surface area contributed by atoms with Crippen molar-refractivity contribution < 1.29 is 27.8 Å². The third kappa shape index (κ3) is 2.25. The van der Waals surface area contributed by atoms with E-state index in [0.29, 0.717) is 52.1 Å². The van der Waals surface area contributed by atoms with E-state index in [1.165, 1.54) is 8.61 Å². The largest absolute Gasteiger partial charge is 0.481 e. The predicted octanol–water partition coefficient (Wildman–Crippen LogP) is -0.133. The number of aliphatic carboxylic acids is 1. The third-order valence-corrected chi connectivity index (χ3v) is 7.93. The second-order valence-electron chi connectivity index (χ2n) is 7.00. The average molecular weight is 346 g/mol. The first kappa shape index (κ1) is 15.8. The number of hydrogen-bond donors (Lipinski definition) is 1. The molecule has 2 atom stereocenters. The predicted molar refractivity (Wildman–Crippen MR) is 78.7 cm³/mol. The molecule has 3 heterocycles. The highest BCUT2D eigenvalue weighted by Gasteiger charge is 2.61. The number of fused-ring (bicyclic) bond motifs is 1. The molecule has 4 fully saturated rings. The number of nitrogens with zero attached hydrogens (tertiary/aromatic N) is 2. The van der Waals surface area contributed by atoms with Crippen LogP contribution < -0.4 is 0 Å². The molecule has 3 saturated heterocycles. The van der Waals surface area contributed by atoms with E-state index in [2.05, 4.69) is 0 Å². The highest BCUT2D eigenvalue weighted by Crippen LogP contribution is 2.53. The zero-order chi connectivity index (χ0) is 16.3. The summed E-state index contributed by atoms with van der Waals surface area (Å²) in [6.45, 7) is 2.24. The Kier molecular flexibility index (Phi) is 3.51. The first-order chi connectivity index (χ1) is 10.9. The molecule has 0 aromatic rings. The molecule has 1 spiro atoms. The minimum absolute atomic E-state index is 0.0487. The standard InChI is InChI=1S/C14H22N2O6S/c17-12(18)13-2-1-11(13)9-16(10-13)23(19,20)15-5-3-14(4-6-15)21-7-8-22-14/h11H,1-10H2,(H,17,18)/t11-,13-/m0/s1. The number of hydrogen-bond acceptors (Lipinski definition) is 5. The molecule has 1 N–H and O–H groups in total. The average Bonchev–Trinajstić information content (AvgIpc) is 3.04. The van der Waals surface area contributed by atoms with E-state index in [0.717, 1.165) is 6.42 Å². The Bertz CT molecular complexity index is 607. The van der Waals surface area contributed by atoms with Gasteiger partial charge in [0.25, 0.3) is 10.2 Å². The zero-order valence-corrected chi connectivity index (χ0v) is 13.8. The summed E-state index contributed by atoms with van der Waals surface area (Å²) >= 11 is 0. The van der Waals surface area contributed by atoms with Gasteiger partial charge in [0.15, 0.2) is 5.79 Å². The van der Waals surface area contributed by atoms with Crippen LogP contribution in [0.15, 0.2) is 0 Å². The second-order valence-corrected chi connectivity index (χ2v) is 8.93. The van der Waals surface area contributed by atoms with E-state index in [-0.39, 0.29) is 12.5 Å². The number of ether oxygens (including phenoxy) is 2. The summed E-state index contributed by atoms with van der Waals surface area (Å²) in [5.41, 5.74) is -0.859. The van der Waals surface area contributed by atoms with Crippen LogP contribution >= 0.6 is 0 Å². The minimum Gasteiger partial charge on any atom is -0.481 e. The smallest absolute Gasteiger partial charge is 0.311 e. The third-order valence-electron chi connectivity index (χ3n) is 5.98. The quantitative estimate of drug-likeness (QED) is 0.764. The Labute approximate surface area is 135 Å². The lowest BCUT2D eigenvalue weighted by molar-refractivity contribution is -0.179. The Morgan fingerprint density at radius 3 is 2.22 bits per heavy atom. The number of carbonyl (C=O) groups is 1. The van der Waals surface area contributed by atoms with Crippen LogP contribution in [0.1, 0.15) is 25.7 Å². The van der Waals surface area contributed by atoms with Crippen molar-refractivity contribution in [3.05, 3.63) is 0 Å². The van der Waals surface area contributed by atoms with Gasteiger partial charge in [-0.1, -0.05) is 0 Å². The van der Waals surface area contributed by atoms with Crippen LogP contribution in [-0.4, -0.2) is 73.3 Å². The molecule has 23 heavy (non-hydrogen) atoms. The molecular weight excluding hydrogens is 324 g/mol. The van der Waals surface area contributed by atoms with Crippen molar-refractivity contribution in [3.8, 4) is 0 Å². The normalized spacial score (nSPS) is 37.7.